The van der Waals surface area contributed by atoms with Crippen LogP contribution >= 0.6 is 11.6 Å². The van der Waals surface area contributed by atoms with Crippen LogP contribution in [0.2, 0.25) is 5.02 Å². The molecule has 2 N–H and O–H groups in total. The molecule has 1 aromatic rings. The molecule has 0 saturated carbocycles. The maximum absolute atomic E-state index is 5.77. The molecule has 3 heteroatoms. The molecule has 0 saturated heterocycles. The lowest BCUT2D eigenvalue weighted by molar-refractivity contribution is 0.181. The van der Waals surface area contributed by atoms with E-state index in [0.29, 0.717) is 13.2 Å². The Labute approximate surface area is 83.6 Å². The Bertz CT molecular complexity index is 248. The molecular formula is C10H14ClNO. The van der Waals surface area contributed by atoms with Crippen molar-refractivity contribution < 1.29 is 4.74 Å². The smallest absolute Gasteiger partial charge is 0.0543 e. The molecule has 1 aromatic carbocycles. The van der Waals surface area contributed by atoms with Gasteiger partial charge in [0.25, 0.3) is 0 Å². The third kappa shape index (κ3) is 2.99. The second kappa shape index (κ2) is 5.22. The Balaban J connectivity index is 2.73. The summed E-state index contributed by atoms with van der Waals surface area (Å²) < 4.78 is 5.07. The van der Waals surface area contributed by atoms with Gasteiger partial charge >= 0.3 is 0 Å². The van der Waals surface area contributed by atoms with Gasteiger partial charge in [-0.1, -0.05) is 23.7 Å². The summed E-state index contributed by atoms with van der Waals surface area (Å²) in [5.41, 5.74) is 6.79. The Morgan fingerprint density at radius 3 is 2.46 bits per heavy atom. The SMILES string of the molecule is COC[C@H](CN)c1ccc(Cl)cc1. The molecule has 0 aliphatic heterocycles. The lowest BCUT2D eigenvalue weighted by atomic mass is 10.0. The minimum atomic E-state index is 0.266. The van der Waals surface area contributed by atoms with Crippen LogP contribution in [0.3, 0.4) is 0 Å². The first-order valence-corrected chi connectivity index (χ1v) is 4.60. The minimum absolute atomic E-state index is 0.266. The summed E-state index contributed by atoms with van der Waals surface area (Å²) in [5, 5.41) is 0.747. The molecule has 0 aliphatic rings. The van der Waals surface area contributed by atoms with Gasteiger partial charge in [0.15, 0.2) is 0 Å². The van der Waals surface area contributed by atoms with Crippen molar-refractivity contribution in [2.45, 2.75) is 5.92 Å². The van der Waals surface area contributed by atoms with E-state index in [4.69, 9.17) is 22.1 Å². The summed E-state index contributed by atoms with van der Waals surface area (Å²) >= 11 is 5.77. The van der Waals surface area contributed by atoms with Crippen LogP contribution in [0.15, 0.2) is 24.3 Å². The predicted molar refractivity (Wildman–Crippen MR) is 55.1 cm³/mol. The summed E-state index contributed by atoms with van der Waals surface area (Å²) in [6.07, 6.45) is 0. The van der Waals surface area contributed by atoms with Gasteiger partial charge in [-0.15, -0.1) is 0 Å². The van der Waals surface area contributed by atoms with Gasteiger partial charge in [-0.25, -0.2) is 0 Å². The normalized spacial score (nSPS) is 12.8. The van der Waals surface area contributed by atoms with Gasteiger partial charge in [-0.3, -0.25) is 0 Å². The predicted octanol–water partition coefficient (Wildman–Crippen LogP) is 2.03. The molecular weight excluding hydrogens is 186 g/mol. The summed E-state index contributed by atoms with van der Waals surface area (Å²) in [5.74, 6) is 0.266. The first kappa shape index (κ1) is 10.5. The molecule has 0 fully saturated rings. The summed E-state index contributed by atoms with van der Waals surface area (Å²) in [6, 6.07) is 7.71. The Morgan fingerprint density at radius 2 is 2.00 bits per heavy atom. The van der Waals surface area contributed by atoms with Crippen LogP contribution < -0.4 is 5.73 Å². The minimum Gasteiger partial charge on any atom is -0.384 e. The molecule has 2 nitrogen and oxygen atoms in total. The fraction of sp³-hybridized carbons (Fsp3) is 0.400. The highest BCUT2D eigenvalue weighted by Crippen LogP contribution is 2.17. The first-order chi connectivity index (χ1) is 6.27. The Hall–Kier alpha value is -0.570. The molecule has 0 aliphatic carbocycles. The van der Waals surface area contributed by atoms with Gasteiger partial charge < -0.3 is 10.5 Å². The van der Waals surface area contributed by atoms with Crippen molar-refractivity contribution in [1.29, 1.82) is 0 Å². The van der Waals surface area contributed by atoms with E-state index in [9.17, 15) is 0 Å². The van der Waals surface area contributed by atoms with Crippen LogP contribution in [0.1, 0.15) is 11.5 Å². The van der Waals surface area contributed by atoms with Crippen molar-refractivity contribution in [3.8, 4) is 0 Å². The average molecular weight is 200 g/mol. The second-order valence-electron chi connectivity index (χ2n) is 2.94. The molecule has 0 spiro atoms. The number of rotatable bonds is 4. The Kier molecular flexibility index (Phi) is 4.22. The first-order valence-electron chi connectivity index (χ1n) is 4.22. The fourth-order valence-corrected chi connectivity index (χ4v) is 1.36. The molecule has 0 heterocycles. The van der Waals surface area contributed by atoms with E-state index in [2.05, 4.69) is 0 Å². The van der Waals surface area contributed by atoms with Crippen LogP contribution in [0.25, 0.3) is 0 Å². The van der Waals surface area contributed by atoms with Crippen LogP contribution in [0.5, 0.6) is 0 Å². The number of benzene rings is 1. The van der Waals surface area contributed by atoms with Crippen LogP contribution in [-0.4, -0.2) is 20.3 Å². The molecule has 0 aromatic heterocycles. The molecule has 0 unspecified atom stereocenters. The third-order valence-corrected chi connectivity index (χ3v) is 2.25. The van der Waals surface area contributed by atoms with Crippen molar-refractivity contribution >= 4 is 11.6 Å². The van der Waals surface area contributed by atoms with E-state index in [0.717, 1.165) is 5.02 Å². The lowest BCUT2D eigenvalue weighted by Gasteiger charge is -2.13. The van der Waals surface area contributed by atoms with Crippen molar-refractivity contribution in [3.63, 3.8) is 0 Å². The molecule has 72 valence electrons. The summed E-state index contributed by atoms with van der Waals surface area (Å²) in [7, 11) is 1.68. The zero-order valence-electron chi connectivity index (χ0n) is 7.66. The number of hydrogen-bond acceptors (Lipinski definition) is 2. The van der Waals surface area contributed by atoms with Gasteiger partial charge in [0.05, 0.1) is 6.61 Å². The van der Waals surface area contributed by atoms with Crippen molar-refractivity contribution in [1.82, 2.24) is 0 Å². The van der Waals surface area contributed by atoms with Crippen molar-refractivity contribution in [2.24, 2.45) is 5.73 Å². The topological polar surface area (TPSA) is 35.2 Å². The molecule has 0 amide bonds. The maximum Gasteiger partial charge on any atom is 0.0543 e. The van der Waals surface area contributed by atoms with Gasteiger partial charge in [0.2, 0.25) is 0 Å². The number of halogens is 1. The molecule has 1 rings (SSSR count). The summed E-state index contributed by atoms with van der Waals surface area (Å²) in [4.78, 5) is 0. The van der Waals surface area contributed by atoms with Crippen molar-refractivity contribution in [2.75, 3.05) is 20.3 Å². The number of nitrogens with two attached hydrogens (primary N) is 1. The van der Waals surface area contributed by atoms with Gasteiger partial charge in [-0.05, 0) is 17.7 Å². The van der Waals surface area contributed by atoms with E-state index >= 15 is 0 Å². The lowest BCUT2D eigenvalue weighted by Crippen LogP contribution is -2.17. The zero-order valence-corrected chi connectivity index (χ0v) is 8.42. The fourth-order valence-electron chi connectivity index (χ4n) is 1.24. The highest BCUT2D eigenvalue weighted by atomic mass is 35.5. The van der Waals surface area contributed by atoms with E-state index < -0.39 is 0 Å². The highest BCUT2D eigenvalue weighted by molar-refractivity contribution is 6.30. The number of ether oxygens (including phenoxy) is 1. The van der Waals surface area contributed by atoms with E-state index in [1.54, 1.807) is 7.11 Å². The van der Waals surface area contributed by atoms with Crippen LogP contribution in [0, 0.1) is 0 Å². The van der Waals surface area contributed by atoms with E-state index in [1.165, 1.54) is 5.56 Å². The Morgan fingerprint density at radius 1 is 1.38 bits per heavy atom. The standard InChI is InChI=1S/C10H14ClNO/c1-13-7-9(6-12)8-2-4-10(11)5-3-8/h2-5,9H,6-7,12H2,1H3/t9-/m0/s1. The monoisotopic (exact) mass is 199 g/mol. The maximum atomic E-state index is 5.77. The number of methoxy groups -OCH3 is 1. The number of hydrogen-bond donors (Lipinski definition) is 1. The van der Waals surface area contributed by atoms with Crippen molar-refractivity contribution in [3.05, 3.63) is 34.9 Å². The average Bonchev–Trinajstić information content (AvgIpc) is 2.16. The van der Waals surface area contributed by atoms with Crippen LogP contribution in [0.4, 0.5) is 0 Å². The second-order valence-corrected chi connectivity index (χ2v) is 3.38. The zero-order chi connectivity index (χ0) is 9.68. The molecule has 1 atom stereocenters. The highest BCUT2D eigenvalue weighted by Gasteiger charge is 2.08. The van der Waals surface area contributed by atoms with Gasteiger partial charge in [-0.2, -0.15) is 0 Å². The van der Waals surface area contributed by atoms with Crippen LogP contribution in [-0.2, 0) is 4.74 Å². The van der Waals surface area contributed by atoms with E-state index in [-0.39, 0.29) is 5.92 Å². The molecule has 13 heavy (non-hydrogen) atoms. The third-order valence-electron chi connectivity index (χ3n) is 1.99. The summed E-state index contributed by atoms with van der Waals surface area (Å²) in [6.45, 7) is 1.24. The quantitative estimate of drug-likeness (QED) is 0.806. The molecule has 0 radical (unpaired) electrons. The van der Waals surface area contributed by atoms with E-state index in [1.807, 2.05) is 24.3 Å². The largest absolute Gasteiger partial charge is 0.384 e. The molecule has 0 bridgehead atoms. The van der Waals surface area contributed by atoms with Gasteiger partial charge in [0, 0.05) is 24.6 Å². The van der Waals surface area contributed by atoms with Gasteiger partial charge in [0.1, 0.15) is 0 Å².